The molecule has 1 aromatic carbocycles. The molecule has 1 aromatic rings. The number of ether oxygens (including phenoxy) is 1. The highest BCUT2D eigenvalue weighted by atomic mass is 35.5. The van der Waals surface area contributed by atoms with Gasteiger partial charge in [-0.1, -0.05) is 29.8 Å². The molecule has 1 rings (SSSR count). The van der Waals surface area contributed by atoms with Gasteiger partial charge < -0.3 is 10.5 Å². The van der Waals surface area contributed by atoms with Gasteiger partial charge >= 0.3 is 5.97 Å². The molecule has 0 unspecified atom stereocenters. The Kier molecular flexibility index (Phi) is 5.82. The fraction of sp³-hybridized carbons (Fsp3) is 0.143. The molecular weight excluding hydrogens is 266 g/mol. The maximum Gasteiger partial charge on any atom is 0.354 e. The van der Waals surface area contributed by atoms with Crippen LogP contribution in [0.25, 0.3) is 6.08 Å². The number of allylic oxidation sites excluding steroid dienone is 2. The zero-order chi connectivity index (χ0) is 14.3. The van der Waals surface area contributed by atoms with Gasteiger partial charge in [0.2, 0.25) is 0 Å². The topological polar surface area (TPSA) is 69.4 Å². The first-order valence-electron chi connectivity index (χ1n) is 5.65. The van der Waals surface area contributed by atoms with Gasteiger partial charge in [-0.15, -0.1) is 0 Å². The molecule has 0 spiro atoms. The third-order valence-corrected chi connectivity index (χ3v) is 2.37. The van der Waals surface area contributed by atoms with Gasteiger partial charge in [-0.2, -0.15) is 0 Å². The van der Waals surface area contributed by atoms with Crippen molar-refractivity contribution < 1.29 is 14.3 Å². The standard InChI is InChI=1S/C14H14ClNO3/c1-2-19-14(18)13(16)9-12(17)8-5-10-3-6-11(15)7-4-10/h3-9H,2,16H2,1H3/b8-5+,13-9+. The molecule has 4 nitrogen and oxygen atoms in total. The van der Waals surface area contributed by atoms with Crippen LogP contribution in [0, 0.1) is 0 Å². The Balaban J connectivity index is 2.67. The molecule has 0 saturated carbocycles. The van der Waals surface area contributed by atoms with E-state index in [9.17, 15) is 9.59 Å². The van der Waals surface area contributed by atoms with E-state index in [4.69, 9.17) is 17.3 Å². The van der Waals surface area contributed by atoms with E-state index in [1.165, 1.54) is 6.08 Å². The second-order valence-corrected chi connectivity index (χ2v) is 4.04. The fourth-order valence-electron chi connectivity index (χ4n) is 1.23. The molecule has 2 N–H and O–H groups in total. The number of hydrogen-bond donors (Lipinski definition) is 1. The Morgan fingerprint density at radius 2 is 1.95 bits per heavy atom. The monoisotopic (exact) mass is 279 g/mol. The van der Waals surface area contributed by atoms with E-state index >= 15 is 0 Å². The number of rotatable bonds is 5. The molecule has 0 aliphatic carbocycles. The van der Waals surface area contributed by atoms with Gasteiger partial charge in [-0.05, 0) is 30.7 Å². The summed E-state index contributed by atoms with van der Waals surface area (Å²) in [5, 5.41) is 0.620. The van der Waals surface area contributed by atoms with Gasteiger partial charge in [-0.3, -0.25) is 4.79 Å². The second kappa shape index (κ2) is 7.38. The maximum absolute atomic E-state index is 11.5. The zero-order valence-corrected chi connectivity index (χ0v) is 11.2. The smallest absolute Gasteiger partial charge is 0.354 e. The van der Waals surface area contributed by atoms with Crippen LogP contribution in [0.2, 0.25) is 5.02 Å². The van der Waals surface area contributed by atoms with E-state index in [0.29, 0.717) is 5.02 Å². The van der Waals surface area contributed by atoms with Crippen LogP contribution >= 0.6 is 11.6 Å². The van der Waals surface area contributed by atoms with Gasteiger partial charge in [0.05, 0.1) is 6.61 Å². The number of carbonyl (C=O) groups is 2. The minimum absolute atomic E-state index is 0.210. The maximum atomic E-state index is 11.5. The first kappa shape index (κ1) is 15.0. The van der Waals surface area contributed by atoms with Gasteiger partial charge in [0.15, 0.2) is 5.78 Å². The molecule has 0 aliphatic rings. The van der Waals surface area contributed by atoms with Crippen LogP contribution in [0.5, 0.6) is 0 Å². The van der Waals surface area contributed by atoms with E-state index in [-0.39, 0.29) is 18.1 Å². The van der Waals surface area contributed by atoms with Crippen molar-refractivity contribution in [3.05, 3.63) is 52.7 Å². The Bertz CT molecular complexity index is 518. The Morgan fingerprint density at radius 1 is 1.32 bits per heavy atom. The highest BCUT2D eigenvalue weighted by Gasteiger charge is 2.06. The first-order chi connectivity index (χ1) is 9.02. The number of benzene rings is 1. The van der Waals surface area contributed by atoms with Crippen molar-refractivity contribution in [3.8, 4) is 0 Å². The summed E-state index contributed by atoms with van der Waals surface area (Å²) in [5.41, 5.74) is 6.01. The average Bonchev–Trinajstić information content (AvgIpc) is 2.38. The van der Waals surface area contributed by atoms with E-state index in [1.54, 1.807) is 37.3 Å². The quantitative estimate of drug-likeness (QED) is 0.663. The van der Waals surface area contributed by atoms with Gasteiger partial charge in [0, 0.05) is 11.1 Å². The Labute approximate surface area is 116 Å². The number of halogens is 1. The molecule has 0 amide bonds. The minimum atomic E-state index is -0.698. The molecule has 0 atom stereocenters. The van der Waals surface area contributed by atoms with Gasteiger partial charge in [-0.25, -0.2) is 4.79 Å². The lowest BCUT2D eigenvalue weighted by atomic mass is 10.2. The number of ketones is 1. The van der Waals surface area contributed by atoms with Crippen molar-refractivity contribution in [3.63, 3.8) is 0 Å². The van der Waals surface area contributed by atoms with Crippen LogP contribution < -0.4 is 5.73 Å². The van der Waals surface area contributed by atoms with Crippen LogP contribution in [-0.4, -0.2) is 18.4 Å². The third kappa shape index (κ3) is 5.40. The van der Waals surface area contributed by atoms with Crippen LogP contribution in [0.4, 0.5) is 0 Å². The largest absolute Gasteiger partial charge is 0.461 e. The number of hydrogen-bond acceptors (Lipinski definition) is 4. The molecule has 100 valence electrons. The normalized spacial score (nSPS) is 11.6. The van der Waals surface area contributed by atoms with Crippen molar-refractivity contribution in [2.75, 3.05) is 6.61 Å². The summed E-state index contributed by atoms with van der Waals surface area (Å²) < 4.78 is 4.66. The summed E-state index contributed by atoms with van der Waals surface area (Å²) in [4.78, 5) is 22.7. The average molecular weight is 280 g/mol. The SMILES string of the molecule is CCOC(=O)/C(N)=C\C(=O)/C=C/c1ccc(Cl)cc1. The molecule has 0 fully saturated rings. The predicted molar refractivity (Wildman–Crippen MR) is 74.4 cm³/mol. The van der Waals surface area contributed by atoms with Crippen molar-refractivity contribution >= 4 is 29.4 Å². The molecule has 0 saturated heterocycles. The highest BCUT2D eigenvalue weighted by molar-refractivity contribution is 6.30. The summed E-state index contributed by atoms with van der Waals surface area (Å²) >= 11 is 5.74. The Morgan fingerprint density at radius 3 is 2.53 bits per heavy atom. The lowest BCUT2D eigenvalue weighted by molar-refractivity contribution is -0.138. The summed E-state index contributed by atoms with van der Waals surface area (Å²) in [6, 6.07) is 6.97. The van der Waals surface area contributed by atoms with Crippen LogP contribution in [0.1, 0.15) is 12.5 Å². The van der Waals surface area contributed by atoms with E-state index in [1.807, 2.05) is 0 Å². The minimum Gasteiger partial charge on any atom is -0.461 e. The summed E-state index contributed by atoms with van der Waals surface area (Å²) in [6.45, 7) is 1.87. The van der Waals surface area contributed by atoms with Gasteiger partial charge in [0.25, 0.3) is 0 Å². The lowest BCUT2D eigenvalue weighted by Gasteiger charge is -1.99. The van der Waals surface area contributed by atoms with Crippen molar-refractivity contribution in [1.29, 1.82) is 0 Å². The molecule has 0 bridgehead atoms. The van der Waals surface area contributed by atoms with E-state index < -0.39 is 5.97 Å². The predicted octanol–water partition coefficient (Wildman–Crippen LogP) is 2.33. The summed E-state index contributed by atoms with van der Waals surface area (Å²) in [5.74, 6) is -1.09. The van der Waals surface area contributed by atoms with Gasteiger partial charge in [0.1, 0.15) is 5.70 Å². The third-order valence-electron chi connectivity index (χ3n) is 2.12. The van der Waals surface area contributed by atoms with Crippen molar-refractivity contribution in [2.45, 2.75) is 6.92 Å². The van der Waals surface area contributed by atoms with Crippen LogP contribution in [-0.2, 0) is 14.3 Å². The Hall–Kier alpha value is -2.07. The second-order valence-electron chi connectivity index (χ2n) is 3.61. The molecule has 5 heteroatoms. The molecular formula is C14H14ClNO3. The van der Waals surface area contributed by atoms with E-state index in [0.717, 1.165) is 11.6 Å². The zero-order valence-electron chi connectivity index (χ0n) is 10.4. The van der Waals surface area contributed by atoms with Crippen molar-refractivity contribution in [2.24, 2.45) is 5.73 Å². The fourth-order valence-corrected chi connectivity index (χ4v) is 1.35. The summed E-state index contributed by atoms with van der Waals surface area (Å²) in [7, 11) is 0. The first-order valence-corrected chi connectivity index (χ1v) is 6.02. The molecule has 0 heterocycles. The molecule has 0 radical (unpaired) electrons. The number of esters is 1. The van der Waals surface area contributed by atoms with Crippen LogP contribution in [0.15, 0.2) is 42.1 Å². The highest BCUT2D eigenvalue weighted by Crippen LogP contribution is 2.10. The molecule has 0 aromatic heterocycles. The summed E-state index contributed by atoms with van der Waals surface area (Å²) in [6.07, 6.45) is 3.95. The number of carbonyl (C=O) groups excluding carboxylic acids is 2. The van der Waals surface area contributed by atoms with E-state index in [2.05, 4.69) is 4.74 Å². The van der Waals surface area contributed by atoms with Crippen molar-refractivity contribution in [1.82, 2.24) is 0 Å². The van der Waals surface area contributed by atoms with Crippen LogP contribution in [0.3, 0.4) is 0 Å². The molecule has 19 heavy (non-hydrogen) atoms. The molecule has 0 aliphatic heterocycles. The number of nitrogens with two attached hydrogens (primary N) is 1. The lowest BCUT2D eigenvalue weighted by Crippen LogP contribution is -2.15.